The number of carbonyl (C=O) groups is 2. The van der Waals surface area contributed by atoms with E-state index in [-0.39, 0.29) is 19.1 Å². The summed E-state index contributed by atoms with van der Waals surface area (Å²) in [6.07, 6.45) is 0. The van der Waals surface area contributed by atoms with Gasteiger partial charge in [0.15, 0.2) is 13.2 Å². The molecular formula is C23H26N6O3. The lowest BCUT2D eigenvalue weighted by atomic mass is 10.1. The number of amides is 1. The molecule has 1 saturated heterocycles. The van der Waals surface area contributed by atoms with E-state index in [9.17, 15) is 9.59 Å². The van der Waals surface area contributed by atoms with Crippen LogP contribution in [-0.4, -0.2) is 74.7 Å². The zero-order chi connectivity index (χ0) is 22.3. The molecular weight excluding hydrogens is 408 g/mol. The maximum absolute atomic E-state index is 12.4. The summed E-state index contributed by atoms with van der Waals surface area (Å²) < 4.78 is 5.14. The van der Waals surface area contributed by atoms with E-state index in [1.54, 1.807) is 4.90 Å². The molecule has 32 heavy (non-hydrogen) atoms. The summed E-state index contributed by atoms with van der Waals surface area (Å²) in [6.45, 7) is 5.21. The molecule has 0 atom stereocenters. The molecule has 9 nitrogen and oxygen atoms in total. The van der Waals surface area contributed by atoms with Crippen LogP contribution < -0.4 is 0 Å². The Kier molecular flexibility index (Phi) is 6.86. The number of aryl methyl sites for hydroxylation is 1. The van der Waals surface area contributed by atoms with Crippen molar-refractivity contribution in [2.24, 2.45) is 0 Å². The number of piperazine rings is 1. The van der Waals surface area contributed by atoms with E-state index in [1.165, 1.54) is 10.4 Å². The Bertz CT molecular complexity index is 1040. The molecule has 0 N–H and O–H groups in total. The van der Waals surface area contributed by atoms with Gasteiger partial charge >= 0.3 is 5.97 Å². The lowest BCUT2D eigenvalue weighted by Crippen LogP contribution is -2.49. The van der Waals surface area contributed by atoms with Crippen LogP contribution in [0.15, 0.2) is 54.6 Å². The Morgan fingerprint density at radius 3 is 2.41 bits per heavy atom. The van der Waals surface area contributed by atoms with Crippen LogP contribution in [-0.2, 0) is 27.4 Å². The topological polar surface area (TPSA) is 93.5 Å². The smallest absolute Gasteiger partial charge is 0.330 e. The molecule has 0 spiro atoms. The summed E-state index contributed by atoms with van der Waals surface area (Å²) in [7, 11) is 0. The van der Waals surface area contributed by atoms with Crippen LogP contribution in [0, 0.1) is 6.92 Å². The van der Waals surface area contributed by atoms with Crippen LogP contribution >= 0.6 is 0 Å². The highest BCUT2D eigenvalue weighted by Crippen LogP contribution is 2.14. The average Bonchev–Trinajstić information content (AvgIpc) is 3.27. The molecule has 9 heteroatoms. The van der Waals surface area contributed by atoms with Crippen LogP contribution in [0.3, 0.4) is 0 Å². The number of ether oxygens (including phenoxy) is 1. The van der Waals surface area contributed by atoms with Crippen molar-refractivity contribution in [2.75, 3.05) is 32.8 Å². The number of esters is 1. The number of hydrogen-bond donors (Lipinski definition) is 0. The number of tetrazole rings is 1. The van der Waals surface area contributed by atoms with Crippen LogP contribution in [0.25, 0.3) is 11.4 Å². The maximum atomic E-state index is 12.4. The van der Waals surface area contributed by atoms with E-state index in [2.05, 4.69) is 32.4 Å². The second-order valence-electron chi connectivity index (χ2n) is 7.81. The van der Waals surface area contributed by atoms with Gasteiger partial charge in [-0.15, -0.1) is 10.2 Å². The van der Waals surface area contributed by atoms with Crippen molar-refractivity contribution >= 4 is 11.9 Å². The number of hydrogen-bond acceptors (Lipinski definition) is 7. The largest absolute Gasteiger partial charge is 0.454 e. The van der Waals surface area contributed by atoms with Crippen LogP contribution in [0.1, 0.15) is 11.1 Å². The predicted octanol–water partition coefficient (Wildman–Crippen LogP) is 1.54. The first-order valence-electron chi connectivity index (χ1n) is 10.6. The minimum absolute atomic E-state index is 0.190. The van der Waals surface area contributed by atoms with Gasteiger partial charge in [0.1, 0.15) is 0 Å². The predicted molar refractivity (Wildman–Crippen MR) is 117 cm³/mol. The third-order valence-corrected chi connectivity index (χ3v) is 5.36. The fourth-order valence-electron chi connectivity index (χ4n) is 3.52. The van der Waals surface area contributed by atoms with Gasteiger partial charge in [-0.3, -0.25) is 9.69 Å². The number of benzene rings is 2. The van der Waals surface area contributed by atoms with Crippen molar-refractivity contribution in [1.29, 1.82) is 0 Å². The second kappa shape index (κ2) is 10.1. The SMILES string of the molecule is Cc1ccc(-c2nnn(CC(=O)OCC(=O)N3CCN(Cc4ccccc4)CC3)n2)cc1. The standard InChI is InChI=1S/C23H26N6O3/c1-18-7-9-20(10-8-18)23-24-26-29(25-23)16-22(31)32-17-21(30)28-13-11-27(12-14-28)15-19-5-3-2-4-6-19/h2-10H,11-17H2,1H3. The van der Waals surface area contributed by atoms with Crippen molar-refractivity contribution in [3.63, 3.8) is 0 Å². The van der Waals surface area contributed by atoms with Crippen molar-refractivity contribution in [3.05, 3.63) is 65.7 Å². The summed E-state index contributed by atoms with van der Waals surface area (Å²) in [5.41, 5.74) is 3.21. The monoisotopic (exact) mass is 434 g/mol. The third kappa shape index (κ3) is 5.76. The van der Waals surface area contributed by atoms with Crippen LogP contribution in [0.2, 0.25) is 0 Å². The molecule has 3 aromatic rings. The first kappa shape index (κ1) is 21.6. The van der Waals surface area contributed by atoms with Gasteiger partial charge < -0.3 is 9.64 Å². The van der Waals surface area contributed by atoms with Crippen LogP contribution in [0.4, 0.5) is 0 Å². The fourth-order valence-corrected chi connectivity index (χ4v) is 3.52. The molecule has 0 aliphatic carbocycles. The molecule has 0 unspecified atom stereocenters. The molecule has 1 aliphatic heterocycles. The Hall–Kier alpha value is -3.59. The molecule has 0 bridgehead atoms. The molecule has 166 valence electrons. The molecule has 0 radical (unpaired) electrons. The highest BCUT2D eigenvalue weighted by Gasteiger charge is 2.22. The zero-order valence-electron chi connectivity index (χ0n) is 18.1. The highest BCUT2D eigenvalue weighted by atomic mass is 16.5. The molecule has 1 aromatic heterocycles. The number of aromatic nitrogens is 4. The van der Waals surface area contributed by atoms with Gasteiger partial charge in [0.25, 0.3) is 5.91 Å². The number of nitrogens with zero attached hydrogens (tertiary/aromatic N) is 6. The van der Waals surface area contributed by atoms with E-state index < -0.39 is 5.97 Å². The normalized spacial score (nSPS) is 14.3. The van der Waals surface area contributed by atoms with Gasteiger partial charge in [-0.05, 0) is 17.7 Å². The minimum Gasteiger partial charge on any atom is -0.454 e. The number of rotatable bonds is 7. The van der Waals surface area contributed by atoms with Gasteiger partial charge in [0, 0.05) is 38.3 Å². The first-order valence-corrected chi connectivity index (χ1v) is 10.6. The maximum Gasteiger partial charge on any atom is 0.330 e. The lowest BCUT2D eigenvalue weighted by molar-refractivity contribution is -0.153. The molecule has 4 rings (SSSR count). The van der Waals surface area contributed by atoms with E-state index in [0.29, 0.717) is 18.9 Å². The number of carbonyl (C=O) groups excluding carboxylic acids is 2. The molecule has 1 amide bonds. The lowest BCUT2D eigenvalue weighted by Gasteiger charge is -2.34. The van der Waals surface area contributed by atoms with Crippen LogP contribution in [0.5, 0.6) is 0 Å². The van der Waals surface area contributed by atoms with Crippen molar-refractivity contribution in [2.45, 2.75) is 20.0 Å². The van der Waals surface area contributed by atoms with Gasteiger partial charge in [-0.1, -0.05) is 60.2 Å². The van der Waals surface area contributed by atoms with Crippen molar-refractivity contribution in [3.8, 4) is 11.4 Å². The summed E-state index contributed by atoms with van der Waals surface area (Å²) in [5, 5.41) is 12.1. The van der Waals surface area contributed by atoms with Gasteiger partial charge in [0.05, 0.1) is 0 Å². The highest BCUT2D eigenvalue weighted by molar-refractivity contribution is 5.80. The molecule has 0 saturated carbocycles. The van der Waals surface area contributed by atoms with Gasteiger partial charge in [-0.25, -0.2) is 4.79 Å². The fraction of sp³-hybridized carbons (Fsp3) is 0.348. The van der Waals surface area contributed by atoms with E-state index in [1.807, 2.05) is 49.4 Å². The summed E-state index contributed by atoms with van der Waals surface area (Å²) in [4.78, 5) is 29.7. The summed E-state index contributed by atoms with van der Waals surface area (Å²) in [5.74, 6) is -0.333. The molecule has 1 aliphatic rings. The Morgan fingerprint density at radius 1 is 0.969 bits per heavy atom. The minimum atomic E-state index is -0.575. The van der Waals surface area contributed by atoms with Crippen molar-refractivity contribution in [1.82, 2.24) is 30.0 Å². The molecule has 2 aromatic carbocycles. The van der Waals surface area contributed by atoms with E-state index >= 15 is 0 Å². The van der Waals surface area contributed by atoms with Gasteiger partial charge in [0.2, 0.25) is 5.82 Å². The Labute approximate surface area is 186 Å². The zero-order valence-corrected chi connectivity index (χ0v) is 18.1. The first-order chi connectivity index (χ1) is 15.6. The summed E-state index contributed by atoms with van der Waals surface area (Å²) >= 11 is 0. The van der Waals surface area contributed by atoms with Crippen molar-refractivity contribution < 1.29 is 14.3 Å². The third-order valence-electron chi connectivity index (χ3n) is 5.36. The molecule has 1 fully saturated rings. The molecule has 2 heterocycles. The Morgan fingerprint density at radius 2 is 1.69 bits per heavy atom. The quantitative estimate of drug-likeness (QED) is 0.521. The van der Waals surface area contributed by atoms with Gasteiger partial charge in [-0.2, -0.15) is 4.80 Å². The second-order valence-corrected chi connectivity index (χ2v) is 7.81. The summed E-state index contributed by atoms with van der Waals surface area (Å²) in [6, 6.07) is 18.0. The Balaban J connectivity index is 1.19. The van der Waals surface area contributed by atoms with E-state index in [0.717, 1.165) is 30.8 Å². The van der Waals surface area contributed by atoms with E-state index in [4.69, 9.17) is 4.74 Å². The average molecular weight is 435 g/mol.